The van der Waals surface area contributed by atoms with Gasteiger partial charge in [0.1, 0.15) is 6.61 Å². The van der Waals surface area contributed by atoms with Gasteiger partial charge in [-0.25, -0.2) is 4.79 Å². The van der Waals surface area contributed by atoms with Crippen molar-refractivity contribution in [2.24, 2.45) is 0 Å². The van der Waals surface area contributed by atoms with Crippen LogP contribution in [0, 0.1) is 59.7 Å². The van der Waals surface area contributed by atoms with Crippen LogP contribution < -0.4 is 75.1 Å². The Morgan fingerprint density at radius 1 is 0.780 bits per heavy atom. The standard InChI is InChI=1S/C29H37O8P.H3N.2Na.9H2/c1-3-5-7-9-11-13-14-15-16-18-20-22-24-29(31)37-27(26-36-38(32,33)34)25-35-28(30)23-21-19-17-12-10-8-6-4-2;;;;;;;;;;;;/h2,27H,3,5,7,9,11,13-16,18,20,22,24-26H2,1H3,(H2,32,33,34);1H3;;;9*1H/q;;2*+1;;;;;;;;;/p-2/t27-;;;;;;;;;;;;/m1............/s1. The van der Waals surface area contributed by atoms with Gasteiger partial charge in [-0.1, -0.05) is 77.6 Å². The fourth-order valence-corrected chi connectivity index (χ4v) is 3.47. The third kappa shape index (κ3) is 36.8. The quantitative estimate of drug-likeness (QED) is 0.0495. The zero-order valence-corrected chi connectivity index (χ0v) is 29.6. The molecule has 0 fully saturated rings. The van der Waals surface area contributed by atoms with Crippen molar-refractivity contribution in [2.45, 2.75) is 96.5 Å². The van der Waals surface area contributed by atoms with Crippen molar-refractivity contribution in [3.05, 3.63) is 0 Å². The van der Waals surface area contributed by atoms with E-state index in [1.165, 1.54) is 51.4 Å². The summed E-state index contributed by atoms with van der Waals surface area (Å²) >= 11 is 0. The zero-order chi connectivity index (χ0) is 28.3. The van der Waals surface area contributed by atoms with Gasteiger partial charge < -0.3 is 34.5 Å². The second-order valence-corrected chi connectivity index (χ2v) is 9.39. The maximum atomic E-state index is 12.1. The van der Waals surface area contributed by atoms with E-state index in [-0.39, 0.29) is 84.5 Å². The first-order valence-corrected chi connectivity index (χ1v) is 14.2. The van der Waals surface area contributed by atoms with E-state index in [0.717, 1.165) is 19.3 Å². The van der Waals surface area contributed by atoms with Crippen LogP contribution in [0.1, 0.15) is 103 Å². The molecule has 9 nitrogen and oxygen atoms in total. The van der Waals surface area contributed by atoms with Crippen molar-refractivity contribution < 1.29 is 110 Å². The number of phosphoric ester groups is 1. The number of terminal acetylenes is 1. The Morgan fingerprint density at radius 2 is 1.24 bits per heavy atom. The Balaban J connectivity index is -0.000000104. The van der Waals surface area contributed by atoms with Gasteiger partial charge in [-0.3, -0.25) is 4.79 Å². The number of rotatable bonds is 19. The van der Waals surface area contributed by atoms with E-state index in [1.807, 2.05) is 0 Å². The summed E-state index contributed by atoms with van der Waals surface area (Å²) in [5.74, 6) is 18.6. The normalized spacial score (nSPS) is 9.71. The average Bonchev–Trinajstić information content (AvgIpc) is 2.87. The first kappa shape index (κ1) is 46.8. The SMILES string of the molecule is C#CC#CC#CC#CC#CC(=O)OC[C@H](COP(=O)([O-])[O-])OC(=O)CCCCCCCCCCCCCC.N.[HH].[HH].[HH].[HH].[HH].[HH].[HH].[HH].[HH].[Na+].[Na+]. The first-order chi connectivity index (χ1) is 18.3. The summed E-state index contributed by atoms with van der Waals surface area (Å²) in [5.41, 5.74) is 0. The van der Waals surface area contributed by atoms with E-state index in [1.54, 1.807) is 0 Å². The summed E-state index contributed by atoms with van der Waals surface area (Å²) in [5, 5.41) is 0. The molecule has 0 aliphatic carbocycles. The molecule has 0 rings (SSSR count). The summed E-state index contributed by atoms with van der Waals surface area (Å²) < 4.78 is 24.9. The maximum Gasteiger partial charge on any atom is 1.00 e. The van der Waals surface area contributed by atoms with Crippen LogP contribution in [0.25, 0.3) is 0 Å². The molecule has 0 aromatic carbocycles. The number of hydrogen-bond acceptors (Lipinski definition) is 9. The van der Waals surface area contributed by atoms with Crippen LogP contribution in [-0.4, -0.2) is 31.3 Å². The van der Waals surface area contributed by atoms with E-state index in [0.29, 0.717) is 6.42 Å². The van der Waals surface area contributed by atoms with Crippen molar-refractivity contribution >= 4 is 19.8 Å². The number of ether oxygens (including phenoxy) is 2. The minimum atomic E-state index is -5.31. The van der Waals surface area contributed by atoms with E-state index >= 15 is 0 Å². The van der Waals surface area contributed by atoms with Crippen LogP contribution >= 0.6 is 7.82 Å². The van der Waals surface area contributed by atoms with Crippen LogP contribution in [0.15, 0.2) is 0 Å². The Hall–Kier alpha value is -1.19. The Morgan fingerprint density at radius 3 is 1.73 bits per heavy atom. The Labute approximate surface area is 303 Å². The number of esters is 2. The molecule has 41 heavy (non-hydrogen) atoms. The molecular formula is C29H56NNa2O8P. The van der Waals surface area contributed by atoms with Crippen LogP contribution in [0.4, 0.5) is 0 Å². The number of unbranched alkanes of at least 4 members (excludes halogenated alkanes) is 11. The van der Waals surface area contributed by atoms with Gasteiger partial charge in [0, 0.05) is 25.2 Å². The van der Waals surface area contributed by atoms with Crippen LogP contribution in [-0.2, 0) is 28.2 Å². The third-order valence-corrected chi connectivity index (χ3v) is 5.43. The van der Waals surface area contributed by atoms with E-state index < -0.39 is 39.1 Å². The van der Waals surface area contributed by atoms with Crippen molar-refractivity contribution in [3.8, 4) is 59.7 Å². The minimum Gasteiger partial charge on any atom is -0.790 e. The van der Waals surface area contributed by atoms with Gasteiger partial charge in [0.15, 0.2) is 6.10 Å². The van der Waals surface area contributed by atoms with Crippen LogP contribution in [0.5, 0.6) is 0 Å². The molecule has 0 saturated carbocycles. The molecule has 0 aromatic rings. The minimum absolute atomic E-state index is 0. The molecule has 0 heterocycles. The van der Waals surface area contributed by atoms with Gasteiger partial charge >= 0.3 is 71.1 Å². The van der Waals surface area contributed by atoms with Gasteiger partial charge in [-0.15, -0.1) is 6.42 Å². The molecule has 0 aliphatic heterocycles. The predicted octanol–water partition coefficient (Wildman–Crippen LogP) is -0.591. The van der Waals surface area contributed by atoms with Gasteiger partial charge in [0.25, 0.3) is 0 Å². The molecule has 0 radical (unpaired) electrons. The van der Waals surface area contributed by atoms with E-state index in [4.69, 9.17) is 15.9 Å². The molecular weight excluding hydrogens is 567 g/mol. The smallest absolute Gasteiger partial charge is 0.790 e. The topological polar surface area (TPSA) is 160 Å². The summed E-state index contributed by atoms with van der Waals surface area (Å²) in [7, 11) is -5.31. The summed E-state index contributed by atoms with van der Waals surface area (Å²) in [6.45, 7) is 0.886. The van der Waals surface area contributed by atoms with E-state index in [2.05, 4.69) is 64.7 Å². The number of hydrogen-bond donors (Lipinski definition) is 1. The number of phosphoric acid groups is 1. The number of carbonyl (C=O) groups is 2. The molecule has 0 saturated heterocycles. The number of carbonyl (C=O) groups excluding carboxylic acids is 2. The van der Waals surface area contributed by atoms with Crippen LogP contribution in [0.3, 0.4) is 0 Å². The van der Waals surface area contributed by atoms with Crippen molar-refractivity contribution in [2.75, 3.05) is 13.2 Å². The molecule has 232 valence electrons. The maximum absolute atomic E-state index is 12.1. The summed E-state index contributed by atoms with van der Waals surface area (Å²) in [6.07, 6.45) is 17.5. The monoisotopic (exact) mass is 623 g/mol. The van der Waals surface area contributed by atoms with Gasteiger partial charge in [0.2, 0.25) is 0 Å². The Bertz CT molecular complexity index is 1090. The van der Waals surface area contributed by atoms with Crippen molar-refractivity contribution in [1.82, 2.24) is 6.15 Å². The fourth-order valence-electron chi connectivity index (χ4n) is 3.13. The molecule has 0 bridgehead atoms. The van der Waals surface area contributed by atoms with Gasteiger partial charge in [-0.05, 0) is 53.8 Å². The molecule has 1 atom stereocenters. The largest absolute Gasteiger partial charge is 1.00 e. The third-order valence-electron chi connectivity index (χ3n) is 4.96. The summed E-state index contributed by atoms with van der Waals surface area (Å²) in [4.78, 5) is 45.4. The van der Waals surface area contributed by atoms with Gasteiger partial charge in [0.05, 0.1) is 14.4 Å². The van der Waals surface area contributed by atoms with Crippen molar-refractivity contribution in [1.29, 1.82) is 0 Å². The molecule has 12 heteroatoms. The first-order valence-electron chi connectivity index (χ1n) is 12.8. The predicted molar refractivity (Wildman–Crippen MR) is 164 cm³/mol. The molecule has 0 spiro atoms. The molecule has 0 aromatic heterocycles. The molecule has 0 amide bonds. The molecule has 0 unspecified atom stereocenters. The summed E-state index contributed by atoms with van der Waals surface area (Å²) in [6, 6.07) is 0. The van der Waals surface area contributed by atoms with Crippen LogP contribution in [0.2, 0.25) is 0 Å². The molecule has 3 N–H and O–H groups in total. The zero-order valence-electron chi connectivity index (χ0n) is 24.7. The second-order valence-electron chi connectivity index (χ2n) is 8.24. The molecule has 0 aliphatic rings. The van der Waals surface area contributed by atoms with Gasteiger partial charge in [-0.2, -0.15) is 0 Å². The Kier molecular flexibility index (Phi) is 38.0. The second kappa shape index (κ2) is 33.3. The average molecular weight is 624 g/mol. The fraction of sp³-hybridized carbons (Fsp3) is 0.586. The van der Waals surface area contributed by atoms with Crippen molar-refractivity contribution in [3.63, 3.8) is 0 Å². The van der Waals surface area contributed by atoms with E-state index in [9.17, 15) is 23.9 Å².